The Bertz CT molecular complexity index is 1800. The van der Waals surface area contributed by atoms with E-state index in [-0.39, 0.29) is 17.7 Å². The van der Waals surface area contributed by atoms with Crippen LogP contribution in [-0.2, 0) is 14.3 Å². The van der Waals surface area contributed by atoms with Crippen LogP contribution in [0, 0.1) is 0 Å². The van der Waals surface area contributed by atoms with Gasteiger partial charge < -0.3 is 14.2 Å². The van der Waals surface area contributed by atoms with Crippen molar-refractivity contribution in [2.45, 2.75) is 19.9 Å². The summed E-state index contributed by atoms with van der Waals surface area (Å²) in [6.45, 7) is 3.21. The Morgan fingerprint density at radius 1 is 1.02 bits per heavy atom. The van der Waals surface area contributed by atoms with Crippen LogP contribution in [-0.4, -0.2) is 30.2 Å². The Balaban J connectivity index is 1.82. The molecule has 0 N–H and O–H groups in total. The van der Waals surface area contributed by atoms with Gasteiger partial charge in [-0.05, 0) is 36.8 Å². The van der Waals surface area contributed by atoms with Gasteiger partial charge in [-0.1, -0.05) is 72.0 Å². The molecule has 0 unspecified atom stereocenters. The third-order valence-corrected chi connectivity index (χ3v) is 7.23. The van der Waals surface area contributed by atoms with Gasteiger partial charge in [0, 0.05) is 18.1 Å². The molecular weight excluding hydrogens is 528 g/mol. The van der Waals surface area contributed by atoms with Crippen molar-refractivity contribution >= 4 is 35.0 Å². The van der Waals surface area contributed by atoms with E-state index in [0.29, 0.717) is 37.7 Å². The molecule has 0 amide bonds. The summed E-state index contributed by atoms with van der Waals surface area (Å²) < 4.78 is 18.2. The molecule has 2 heterocycles. The molecule has 9 heteroatoms. The number of carbonyl (C=O) groups is 2. The minimum Gasteiger partial charge on any atom is -0.497 e. The molecule has 1 aliphatic rings. The third-order valence-electron chi connectivity index (χ3n) is 6.24. The lowest BCUT2D eigenvalue weighted by Gasteiger charge is -2.26. The molecule has 8 nitrogen and oxygen atoms in total. The molecule has 1 aromatic heterocycles. The topological polar surface area (TPSA) is 96.2 Å². The summed E-state index contributed by atoms with van der Waals surface area (Å²) >= 11 is 1.19. The van der Waals surface area contributed by atoms with E-state index >= 15 is 0 Å². The van der Waals surface area contributed by atoms with Crippen molar-refractivity contribution in [3.63, 3.8) is 0 Å². The molecule has 1 atom stereocenters. The maximum atomic E-state index is 14.0. The van der Waals surface area contributed by atoms with Crippen LogP contribution in [0.15, 0.2) is 94.2 Å². The number of carbonyl (C=O) groups excluding carboxylic acids is 2. The molecular formula is C31H26N2O6S. The SMILES string of the molecule is CCOC(=O)C1=C(c2ccccc2)N=c2s/c(=C\c3ccccc3OC(C)=O)c(=O)n2[C@@H]1c1cccc(OC)c1. The number of para-hydroxylation sites is 1. The summed E-state index contributed by atoms with van der Waals surface area (Å²) in [4.78, 5) is 44.5. The maximum absolute atomic E-state index is 14.0. The Labute approximate surface area is 234 Å². The van der Waals surface area contributed by atoms with Crippen molar-refractivity contribution in [2.24, 2.45) is 4.99 Å². The zero-order valence-corrected chi connectivity index (χ0v) is 22.9. The molecule has 0 radical (unpaired) electrons. The van der Waals surface area contributed by atoms with E-state index in [4.69, 9.17) is 19.2 Å². The van der Waals surface area contributed by atoms with Crippen LogP contribution in [0.5, 0.6) is 11.5 Å². The van der Waals surface area contributed by atoms with Crippen molar-refractivity contribution in [1.82, 2.24) is 4.57 Å². The first-order valence-corrected chi connectivity index (χ1v) is 13.4. The fourth-order valence-electron chi connectivity index (χ4n) is 4.56. The number of nitrogens with zero attached hydrogens (tertiary/aromatic N) is 2. The fraction of sp³-hybridized carbons (Fsp3) is 0.161. The van der Waals surface area contributed by atoms with Crippen LogP contribution < -0.4 is 24.4 Å². The second kappa shape index (κ2) is 11.5. The highest BCUT2D eigenvalue weighted by Crippen LogP contribution is 2.36. The Kier molecular flexibility index (Phi) is 7.75. The van der Waals surface area contributed by atoms with Gasteiger partial charge in [0.05, 0.1) is 35.6 Å². The average Bonchev–Trinajstić information content (AvgIpc) is 3.27. The number of esters is 2. The van der Waals surface area contributed by atoms with Crippen molar-refractivity contribution in [3.8, 4) is 11.5 Å². The quantitative estimate of drug-likeness (QED) is 0.254. The van der Waals surface area contributed by atoms with Gasteiger partial charge >= 0.3 is 11.9 Å². The lowest BCUT2D eigenvalue weighted by Crippen LogP contribution is -2.40. The monoisotopic (exact) mass is 554 g/mol. The smallest absolute Gasteiger partial charge is 0.338 e. The van der Waals surface area contributed by atoms with Gasteiger partial charge in [0.2, 0.25) is 0 Å². The van der Waals surface area contributed by atoms with E-state index in [2.05, 4.69) is 0 Å². The number of benzene rings is 3. The number of methoxy groups -OCH3 is 1. The number of ether oxygens (including phenoxy) is 3. The number of hydrogen-bond donors (Lipinski definition) is 0. The largest absolute Gasteiger partial charge is 0.497 e. The molecule has 3 aromatic carbocycles. The van der Waals surface area contributed by atoms with E-state index in [1.54, 1.807) is 56.5 Å². The molecule has 1 aliphatic heterocycles. The van der Waals surface area contributed by atoms with Crippen LogP contribution in [0.1, 0.15) is 36.6 Å². The van der Waals surface area contributed by atoms with E-state index in [0.717, 1.165) is 5.56 Å². The number of rotatable bonds is 7. The predicted octanol–water partition coefficient (Wildman–Crippen LogP) is 3.87. The van der Waals surface area contributed by atoms with Crippen LogP contribution >= 0.6 is 11.3 Å². The molecule has 0 spiro atoms. The highest BCUT2D eigenvalue weighted by Gasteiger charge is 2.35. The van der Waals surface area contributed by atoms with Crippen molar-refractivity contribution in [3.05, 3.63) is 121 Å². The number of hydrogen-bond acceptors (Lipinski definition) is 8. The maximum Gasteiger partial charge on any atom is 0.338 e. The molecule has 0 fully saturated rings. The van der Waals surface area contributed by atoms with E-state index in [9.17, 15) is 14.4 Å². The normalized spacial score (nSPS) is 14.8. The lowest BCUT2D eigenvalue weighted by atomic mass is 9.93. The van der Waals surface area contributed by atoms with Crippen molar-refractivity contribution in [2.75, 3.05) is 13.7 Å². The first kappa shape index (κ1) is 26.8. The molecule has 0 aliphatic carbocycles. The number of aromatic nitrogens is 1. The number of thiazole rings is 1. The Morgan fingerprint density at radius 2 is 1.77 bits per heavy atom. The fourth-order valence-corrected chi connectivity index (χ4v) is 5.55. The lowest BCUT2D eigenvalue weighted by molar-refractivity contribution is -0.139. The van der Waals surface area contributed by atoms with E-state index in [1.807, 2.05) is 42.5 Å². The van der Waals surface area contributed by atoms with Crippen LogP contribution in [0.3, 0.4) is 0 Å². The first-order chi connectivity index (χ1) is 19.4. The van der Waals surface area contributed by atoms with Gasteiger partial charge in [-0.3, -0.25) is 14.2 Å². The zero-order valence-electron chi connectivity index (χ0n) is 22.1. The molecule has 5 rings (SSSR count). The Morgan fingerprint density at radius 3 is 2.50 bits per heavy atom. The highest BCUT2D eigenvalue weighted by molar-refractivity contribution is 7.07. The van der Waals surface area contributed by atoms with Crippen molar-refractivity contribution < 1.29 is 23.8 Å². The predicted molar refractivity (Wildman–Crippen MR) is 152 cm³/mol. The third kappa shape index (κ3) is 5.23. The van der Waals surface area contributed by atoms with Crippen LogP contribution in [0.25, 0.3) is 11.8 Å². The van der Waals surface area contributed by atoms with E-state index in [1.165, 1.54) is 22.8 Å². The summed E-state index contributed by atoms with van der Waals surface area (Å²) in [7, 11) is 1.56. The second-order valence-electron chi connectivity index (χ2n) is 8.84. The van der Waals surface area contributed by atoms with Crippen LogP contribution in [0.2, 0.25) is 0 Å². The summed E-state index contributed by atoms with van der Waals surface area (Å²) in [6, 6.07) is 22.7. The van der Waals surface area contributed by atoms with Gasteiger partial charge in [0.1, 0.15) is 11.5 Å². The highest BCUT2D eigenvalue weighted by atomic mass is 32.1. The zero-order chi connectivity index (χ0) is 28.2. The van der Waals surface area contributed by atoms with Gasteiger partial charge in [0.15, 0.2) is 4.80 Å². The van der Waals surface area contributed by atoms with Gasteiger partial charge in [-0.15, -0.1) is 0 Å². The molecule has 40 heavy (non-hydrogen) atoms. The summed E-state index contributed by atoms with van der Waals surface area (Å²) in [5, 5.41) is 0. The molecule has 4 aromatic rings. The Hall–Kier alpha value is -4.76. The minimum absolute atomic E-state index is 0.159. The van der Waals surface area contributed by atoms with Gasteiger partial charge in [-0.2, -0.15) is 0 Å². The van der Waals surface area contributed by atoms with E-state index < -0.39 is 18.0 Å². The van der Waals surface area contributed by atoms with Gasteiger partial charge in [0.25, 0.3) is 5.56 Å². The molecule has 0 bridgehead atoms. The van der Waals surface area contributed by atoms with Crippen molar-refractivity contribution in [1.29, 1.82) is 0 Å². The average molecular weight is 555 g/mol. The molecule has 0 saturated carbocycles. The molecule has 0 saturated heterocycles. The standard InChI is InChI=1S/C31H26N2O6S/c1-4-38-30(36)26-27(20-11-6-5-7-12-20)32-31-33(28(26)22-14-10-15-23(17-22)37-3)29(35)25(40-31)18-21-13-8-9-16-24(21)39-19(2)34/h5-18,28H,4H2,1-3H3/b25-18-/t28-/m1/s1. The first-order valence-electron chi connectivity index (χ1n) is 12.6. The van der Waals surface area contributed by atoms with Gasteiger partial charge in [-0.25, -0.2) is 9.79 Å². The summed E-state index contributed by atoms with van der Waals surface area (Å²) in [5.41, 5.74) is 2.28. The summed E-state index contributed by atoms with van der Waals surface area (Å²) in [6.07, 6.45) is 1.67. The minimum atomic E-state index is -0.827. The van der Waals surface area contributed by atoms with Crippen LogP contribution in [0.4, 0.5) is 0 Å². The second-order valence-corrected chi connectivity index (χ2v) is 9.85. The molecule has 202 valence electrons. The summed E-state index contributed by atoms with van der Waals surface area (Å²) in [5.74, 6) is -0.113. The number of fused-ring (bicyclic) bond motifs is 1.